The number of aliphatic hydroxyl groups excluding tert-OH is 1. The number of carbonyl (C=O) groups excluding carboxylic acids is 2. The fraction of sp³-hybridized carbons (Fsp3) is 0.588. The third kappa shape index (κ3) is 5.09. The highest BCUT2D eigenvalue weighted by molar-refractivity contribution is 8.00. The van der Waals surface area contributed by atoms with E-state index in [2.05, 4.69) is 11.6 Å². The van der Waals surface area contributed by atoms with Gasteiger partial charge >= 0.3 is 11.9 Å². The van der Waals surface area contributed by atoms with Crippen molar-refractivity contribution in [2.24, 2.45) is 16.6 Å². The topological polar surface area (TPSA) is 114 Å². The molecule has 0 saturated carbocycles. The molecule has 1 saturated heterocycles. The van der Waals surface area contributed by atoms with Gasteiger partial charge in [0.2, 0.25) is 6.23 Å². The monoisotopic (exact) mass is 419 g/mol. The molecule has 2 aliphatic rings. The number of Topliss-reactive ketones (excluding diaryl/α,β-unsaturated/α-hetero) is 1. The van der Waals surface area contributed by atoms with Crippen LogP contribution in [0.3, 0.4) is 0 Å². The lowest BCUT2D eigenvalue weighted by Crippen LogP contribution is -2.47. The van der Waals surface area contributed by atoms with Crippen molar-refractivity contribution in [1.29, 1.82) is 0 Å². The number of thioether (sulfide) groups is 1. The number of nitrogens with zero attached hydrogens (tertiary/aromatic N) is 2. The summed E-state index contributed by atoms with van der Waals surface area (Å²) < 4.78 is 39.0. The van der Waals surface area contributed by atoms with Crippen LogP contribution in [0.4, 0.5) is 8.78 Å². The summed E-state index contributed by atoms with van der Waals surface area (Å²) in [4.78, 5) is 28.0. The first kappa shape index (κ1) is 22.3. The van der Waals surface area contributed by atoms with Crippen LogP contribution in [0.2, 0.25) is 0 Å². The van der Waals surface area contributed by atoms with Gasteiger partial charge in [-0.3, -0.25) is 9.59 Å². The summed E-state index contributed by atoms with van der Waals surface area (Å²) in [5.41, 5.74) is 5.48. The van der Waals surface area contributed by atoms with Gasteiger partial charge in [0.05, 0.1) is 11.5 Å². The van der Waals surface area contributed by atoms with Gasteiger partial charge in [0, 0.05) is 12.1 Å². The van der Waals surface area contributed by atoms with Gasteiger partial charge in [-0.15, -0.1) is 11.8 Å². The zero-order valence-corrected chi connectivity index (χ0v) is 16.3. The number of ether oxygens (including phenoxy) is 2. The Kier molecular flexibility index (Phi) is 7.18. The van der Waals surface area contributed by atoms with E-state index in [1.54, 1.807) is 13.8 Å². The van der Waals surface area contributed by atoms with Gasteiger partial charge < -0.3 is 25.2 Å². The summed E-state index contributed by atoms with van der Waals surface area (Å²) in [7, 11) is 0. The maximum absolute atomic E-state index is 14.4. The Morgan fingerprint density at radius 3 is 2.79 bits per heavy atom. The number of rotatable bonds is 8. The zero-order valence-electron chi connectivity index (χ0n) is 15.5. The van der Waals surface area contributed by atoms with Crippen molar-refractivity contribution in [3.63, 3.8) is 0 Å². The van der Waals surface area contributed by atoms with Crippen LogP contribution in [0.15, 0.2) is 29.7 Å². The molecule has 2 heterocycles. The molecule has 11 heteroatoms. The summed E-state index contributed by atoms with van der Waals surface area (Å²) in [5.74, 6) is -4.42. The number of carbonyl (C=O) groups is 2. The van der Waals surface area contributed by atoms with Crippen LogP contribution in [0.25, 0.3) is 0 Å². The van der Waals surface area contributed by atoms with E-state index in [1.807, 2.05) is 0 Å². The molecule has 0 bridgehead atoms. The predicted octanol–water partition coefficient (Wildman–Crippen LogP) is 0.867. The average Bonchev–Trinajstić information content (AvgIpc) is 2.83. The lowest BCUT2D eigenvalue weighted by molar-refractivity contribution is -0.151. The summed E-state index contributed by atoms with van der Waals surface area (Å²) >= 11 is 1.07. The van der Waals surface area contributed by atoms with E-state index >= 15 is 0 Å². The molecule has 0 aliphatic carbocycles. The first-order valence-electron chi connectivity index (χ1n) is 8.51. The lowest BCUT2D eigenvalue weighted by Gasteiger charge is -2.31. The van der Waals surface area contributed by atoms with Crippen molar-refractivity contribution in [2.45, 2.75) is 38.2 Å². The van der Waals surface area contributed by atoms with Gasteiger partial charge in [-0.1, -0.05) is 20.4 Å². The third-order valence-corrected chi connectivity index (χ3v) is 5.04. The molecule has 2 rings (SSSR count). The molecule has 1 fully saturated rings. The Morgan fingerprint density at radius 2 is 2.18 bits per heavy atom. The second-order valence-corrected chi connectivity index (χ2v) is 7.60. The second kappa shape index (κ2) is 9.01. The van der Waals surface area contributed by atoms with Gasteiger partial charge in [0.1, 0.15) is 30.2 Å². The Balaban J connectivity index is 1.88. The number of ketones is 1. The lowest BCUT2D eigenvalue weighted by atomic mass is 10.1. The fourth-order valence-corrected chi connectivity index (χ4v) is 3.31. The van der Waals surface area contributed by atoms with Crippen molar-refractivity contribution >= 4 is 29.4 Å². The van der Waals surface area contributed by atoms with Gasteiger partial charge in [0.15, 0.2) is 6.10 Å². The van der Waals surface area contributed by atoms with Gasteiger partial charge in [-0.2, -0.15) is 8.78 Å². The number of aliphatic hydroxyl groups is 1. The van der Waals surface area contributed by atoms with Gasteiger partial charge in [0.25, 0.3) is 0 Å². The van der Waals surface area contributed by atoms with Crippen molar-refractivity contribution < 1.29 is 33.0 Å². The maximum atomic E-state index is 14.4. The van der Waals surface area contributed by atoms with E-state index in [4.69, 9.17) is 15.2 Å². The van der Waals surface area contributed by atoms with Crippen LogP contribution >= 0.6 is 11.8 Å². The second-order valence-electron chi connectivity index (χ2n) is 6.62. The van der Waals surface area contributed by atoms with Crippen LogP contribution in [-0.4, -0.2) is 70.1 Å². The average molecular weight is 419 g/mol. The molecular weight excluding hydrogens is 396 g/mol. The first-order chi connectivity index (χ1) is 13.0. The smallest absolute Gasteiger partial charge is 0.320 e. The zero-order chi connectivity index (χ0) is 21.1. The predicted molar refractivity (Wildman–Crippen MR) is 99.5 cm³/mol. The van der Waals surface area contributed by atoms with E-state index in [9.17, 15) is 23.5 Å². The third-order valence-electron chi connectivity index (χ3n) is 4.11. The maximum Gasteiger partial charge on any atom is 0.320 e. The summed E-state index contributed by atoms with van der Waals surface area (Å²) in [5, 5.41) is 9.92. The molecule has 3 N–H and O–H groups in total. The number of esters is 1. The fourth-order valence-electron chi connectivity index (χ4n) is 2.42. The van der Waals surface area contributed by atoms with Crippen molar-refractivity contribution in [2.75, 3.05) is 18.1 Å². The number of amidine groups is 1. The molecule has 2 aliphatic heterocycles. The number of hydrogen-bond acceptors (Lipinski definition) is 9. The number of hydrogen-bond donors (Lipinski definition) is 2. The van der Waals surface area contributed by atoms with E-state index in [0.29, 0.717) is 0 Å². The highest BCUT2D eigenvalue weighted by Gasteiger charge is 2.61. The Labute approximate surface area is 165 Å². The molecule has 0 amide bonds. The standard InChI is InChI=1S/C17H23F2N3O5S/c1-9(2)11(23)7-28-8-14(24)26-6-12-15(25)17(18,19)16(27-12)22-5-4-13(20)21-10(22)3/h4-5,9,12,15-16,25H,3,6-8H2,1-2H3,(H2,20,21)/t12-,15?,16-/m1/s1. The summed E-state index contributed by atoms with van der Waals surface area (Å²) in [6, 6.07) is 0. The van der Waals surface area contributed by atoms with Gasteiger partial charge in [-0.05, 0) is 6.08 Å². The SMILES string of the molecule is C=C1N=C(N)C=CN1[C@@H]1O[C@H](COC(=O)CSCC(=O)C(C)C)C(O)C1(F)F. The number of alkyl halides is 2. The highest BCUT2D eigenvalue weighted by atomic mass is 32.2. The largest absolute Gasteiger partial charge is 0.462 e. The van der Waals surface area contributed by atoms with Crippen molar-refractivity contribution in [1.82, 2.24) is 4.90 Å². The van der Waals surface area contributed by atoms with Gasteiger partial charge in [-0.25, -0.2) is 4.99 Å². The number of nitrogens with two attached hydrogens (primary N) is 1. The van der Waals surface area contributed by atoms with Crippen molar-refractivity contribution in [3.8, 4) is 0 Å². The van der Waals surface area contributed by atoms with E-state index in [1.165, 1.54) is 12.3 Å². The Bertz CT molecular complexity index is 698. The van der Waals surface area contributed by atoms with E-state index in [0.717, 1.165) is 16.7 Å². The first-order valence-corrected chi connectivity index (χ1v) is 9.66. The Morgan fingerprint density at radius 1 is 1.50 bits per heavy atom. The molecule has 28 heavy (non-hydrogen) atoms. The minimum absolute atomic E-state index is 0.00653. The molecule has 0 aromatic carbocycles. The van der Waals surface area contributed by atoms with Crippen molar-refractivity contribution in [3.05, 3.63) is 24.7 Å². The molecular formula is C17H23F2N3O5S. The molecule has 0 radical (unpaired) electrons. The Hall–Kier alpha value is -1.98. The van der Waals surface area contributed by atoms with Crippen LogP contribution in [0.5, 0.6) is 0 Å². The minimum Gasteiger partial charge on any atom is -0.462 e. The molecule has 1 unspecified atom stereocenters. The van der Waals surface area contributed by atoms with Crippen LogP contribution < -0.4 is 5.73 Å². The van der Waals surface area contributed by atoms with Crippen LogP contribution in [-0.2, 0) is 19.1 Å². The quantitative estimate of drug-likeness (QED) is 0.557. The molecule has 0 spiro atoms. The van der Waals surface area contributed by atoms with Crippen LogP contribution in [0.1, 0.15) is 13.8 Å². The van der Waals surface area contributed by atoms with E-state index in [-0.39, 0.29) is 34.9 Å². The van der Waals surface area contributed by atoms with E-state index < -0.39 is 36.9 Å². The number of halogens is 2. The molecule has 0 aromatic heterocycles. The molecule has 156 valence electrons. The number of aliphatic imine (C=N–C) groups is 1. The highest BCUT2D eigenvalue weighted by Crippen LogP contribution is 2.40. The normalized spacial score (nSPS) is 26.5. The molecule has 0 aromatic rings. The minimum atomic E-state index is -3.66. The van der Waals surface area contributed by atoms with Crippen LogP contribution in [0, 0.1) is 5.92 Å². The molecule has 3 atom stereocenters. The summed E-state index contributed by atoms with van der Waals surface area (Å²) in [6.45, 7) is 6.49. The molecule has 8 nitrogen and oxygen atoms in total. The summed E-state index contributed by atoms with van der Waals surface area (Å²) in [6.07, 6.45) is -2.97.